The summed E-state index contributed by atoms with van der Waals surface area (Å²) in [6, 6.07) is 26.2. The first-order valence-electron chi connectivity index (χ1n) is 9.59. The number of carbonyl (C=O) groups excluding carboxylic acids is 1. The van der Waals surface area contributed by atoms with E-state index in [1.165, 1.54) is 7.11 Å². The van der Waals surface area contributed by atoms with E-state index in [9.17, 15) is 9.90 Å². The summed E-state index contributed by atoms with van der Waals surface area (Å²) >= 11 is 0. The van der Waals surface area contributed by atoms with Crippen molar-refractivity contribution in [2.24, 2.45) is 0 Å². The van der Waals surface area contributed by atoms with Gasteiger partial charge in [-0.25, -0.2) is 4.79 Å². The Hall–Kier alpha value is -3.37. The van der Waals surface area contributed by atoms with Crippen molar-refractivity contribution >= 4 is 27.5 Å². The number of aliphatic hydroxyl groups is 1. The largest absolute Gasteiger partial charge is 0.464 e. The molecule has 5 rings (SSSR count). The summed E-state index contributed by atoms with van der Waals surface area (Å²) in [5.74, 6) is -2.51. The van der Waals surface area contributed by atoms with E-state index in [-0.39, 0.29) is 12.3 Å². The lowest BCUT2D eigenvalue weighted by Gasteiger charge is -2.37. The number of ether oxygens (including phenoxy) is 2. The summed E-state index contributed by atoms with van der Waals surface area (Å²) in [4.78, 5) is 12.4. The molecule has 4 aromatic rings. The van der Waals surface area contributed by atoms with Gasteiger partial charge < -0.3 is 14.6 Å². The van der Waals surface area contributed by atoms with Crippen molar-refractivity contribution in [2.75, 3.05) is 7.11 Å². The molecule has 1 aliphatic heterocycles. The first-order valence-corrected chi connectivity index (χ1v) is 9.59. The molecule has 0 fully saturated rings. The lowest BCUT2D eigenvalue weighted by Crippen LogP contribution is -2.49. The average molecular weight is 384 g/mol. The van der Waals surface area contributed by atoms with Crippen molar-refractivity contribution < 1.29 is 19.4 Å². The number of hydrogen-bond acceptors (Lipinski definition) is 4. The van der Waals surface area contributed by atoms with Gasteiger partial charge in [-0.2, -0.15) is 0 Å². The van der Waals surface area contributed by atoms with Crippen LogP contribution in [0.15, 0.2) is 78.9 Å². The molecule has 29 heavy (non-hydrogen) atoms. The predicted octanol–water partition coefficient (Wildman–Crippen LogP) is 4.77. The number of benzene rings is 4. The first kappa shape index (κ1) is 17.7. The van der Waals surface area contributed by atoms with E-state index in [0.29, 0.717) is 5.75 Å². The zero-order valence-corrected chi connectivity index (χ0v) is 16.0. The van der Waals surface area contributed by atoms with Crippen LogP contribution in [0.4, 0.5) is 0 Å². The van der Waals surface area contributed by atoms with E-state index in [1.54, 1.807) is 0 Å². The second kappa shape index (κ2) is 6.61. The van der Waals surface area contributed by atoms with Crippen molar-refractivity contribution in [2.45, 2.75) is 18.1 Å². The number of methoxy groups -OCH3 is 1. The summed E-state index contributed by atoms with van der Waals surface area (Å²) in [7, 11) is 1.26. The van der Waals surface area contributed by atoms with Crippen molar-refractivity contribution in [3.8, 4) is 5.75 Å². The van der Waals surface area contributed by atoms with Gasteiger partial charge in [0.2, 0.25) is 0 Å². The molecule has 0 aromatic heterocycles. The number of rotatable bonds is 2. The Balaban J connectivity index is 1.74. The molecule has 0 saturated carbocycles. The minimum absolute atomic E-state index is 0.0867. The fourth-order valence-electron chi connectivity index (χ4n) is 4.25. The molecule has 4 nitrogen and oxygen atoms in total. The highest BCUT2D eigenvalue weighted by molar-refractivity contribution is 5.91. The molecular weight excluding hydrogens is 364 g/mol. The first-order chi connectivity index (χ1) is 14.1. The lowest BCUT2D eigenvalue weighted by atomic mass is 9.81. The van der Waals surface area contributed by atoms with Crippen molar-refractivity contribution in [1.82, 2.24) is 0 Å². The maximum atomic E-state index is 12.4. The molecule has 4 heteroatoms. The predicted molar refractivity (Wildman–Crippen MR) is 112 cm³/mol. The third-order valence-electron chi connectivity index (χ3n) is 5.72. The molecule has 0 amide bonds. The summed E-state index contributed by atoms with van der Waals surface area (Å²) in [6.45, 7) is 0. The van der Waals surface area contributed by atoms with Crippen LogP contribution in [-0.2, 0) is 9.53 Å². The fourth-order valence-corrected chi connectivity index (χ4v) is 4.25. The fraction of sp³-hybridized carbons (Fsp3) is 0.160. The molecule has 1 aliphatic rings. The molecule has 0 radical (unpaired) electrons. The van der Waals surface area contributed by atoms with Crippen molar-refractivity contribution in [3.05, 3.63) is 90.0 Å². The van der Waals surface area contributed by atoms with E-state index in [2.05, 4.69) is 30.3 Å². The summed E-state index contributed by atoms with van der Waals surface area (Å²) < 4.78 is 10.8. The topological polar surface area (TPSA) is 55.8 Å². The Kier molecular flexibility index (Phi) is 4.03. The van der Waals surface area contributed by atoms with E-state index in [1.807, 2.05) is 48.5 Å². The Labute approximate surface area is 168 Å². The highest BCUT2D eigenvalue weighted by Gasteiger charge is 2.47. The Morgan fingerprint density at radius 2 is 1.66 bits per heavy atom. The minimum Gasteiger partial charge on any atom is -0.464 e. The van der Waals surface area contributed by atoms with Crippen molar-refractivity contribution in [3.63, 3.8) is 0 Å². The molecule has 0 bridgehead atoms. The molecule has 0 unspecified atom stereocenters. The molecular formula is C25H20O4. The van der Waals surface area contributed by atoms with Gasteiger partial charge in [0.25, 0.3) is 0 Å². The maximum absolute atomic E-state index is 12.4. The summed E-state index contributed by atoms with van der Waals surface area (Å²) in [5, 5.41) is 15.2. The molecule has 2 atom stereocenters. The van der Waals surface area contributed by atoms with Gasteiger partial charge in [0.15, 0.2) is 0 Å². The quantitative estimate of drug-likeness (QED) is 0.506. The summed E-state index contributed by atoms with van der Waals surface area (Å²) in [5.41, 5.74) is 1.97. The Bertz CT molecular complexity index is 1250. The van der Waals surface area contributed by atoms with E-state index < -0.39 is 11.8 Å². The highest BCUT2D eigenvalue weighted by atomic mass is 16.7. The normalized spacial score (nSPS) is 20.8. The number of esters is 1. The second-order valence-electron chi connectivity index (χ2n) is 7.45. The molecule has 4 aromatic carbocycles. The van der Waals surface area contributed by atoms with Crippen LogP contribution in [0.2, 0.25) is 0 Å². The third kappa shape index (κ3) is 2.84. The molecule has 1 N–H and O–H groups in total. The van der Waals surface area contributed by atoms with Crippen LogP contribution in [0.1, 0.15) is 23.5 Å². The molecule has 0 aliphatic carbocycles. The van der Waals surface area contributed by atoms with Gasteiger partial charge in [0, 0.05) is 23.3 Å². The minimum atomic E-state index is -2.04. The van der Waals surface area contributed by atoms with Gasteiger partial charge in [-0.3, -0.25) is 0 Å². The zero-order valence-electron chi connectivity index (χ0n) is 16.0. The summed E-state index contributed by atoms with van der Waals surface area (Å²) in [6.07, 6.45) is 0.0867. The lowest BCUT2D eigenvalue weighted by molar-refractivity contribution is -0.202. The molecule has 0 spiro atoms. The van der Waals surface area contributed by atoms with Crippen LogP contribution in [0.25, 0.3) is 21.5 Å². The third-order valence-corrected chi connectivity index (χ3v) is 5.72. The zero-order chi connectivity index (χ0) is 20.0. The van der Waals surface area contributed by atoms with Gasteiger partial charge in [-0.15, -0.1) is 0 Å². The molecule has 144 valence electrons. The van der Waals surface area contributed by atoms with Gasteiger partial charge in [0.05, 0.1) is 7.11 Å². The number of fused-ring (bicyclic) bond motifs is 4. The van der Waals surface area contributed by atoms with Crippen LogP contribution >= 0.6 is 0 Å². The van der Waals surface area contributed by atoms with Crippen molar-refractivity contribution in [1.29, 1.82) is 0 Å². The highest BCUT2D eigenvalue weighted by Crippen LogP contribution is 2.47. The van der Waals surface area contributed by atoms with Crippen LogP contribution in [-0.4, -0.2) is 24.0 Å². The number of carbonyl (C=O) groups is 1. The SMILES string of the molecule is COC(=O)[C@@]1(O)C[C@@H](c2ccc3ccccc3c2)c2ccc3ccccc3c2O1. The van der Waals surface area contributed by atoms with E-state index in [0.717, 1.165) is 32.7 Å². The van der Waals surface area contributed by atoms with E-state index >= 15 is 0 Å². The van der Waals surface area contributed by atoms with Gasteiger partial charge in [-0.05, 0) is 21.7 Å². The molecule has 1 heterocycles. The smallest absolute Gasteiger partial charge is 0.379 e. The molecule has 0 saturated heterocycles. The second-order valence-corrected chi connectivity index (χ2v) is 7.45. The monoisotopic (exact) mass is 384 g/mol. The maximum Gasteiger partial charge on any atom is 0.379 e. The average Bonchev–Trinajstić information content (AvgIpc) is 2.77. The standard InChI is InChI=1S/C25H20O4/c1-28-24(26)25(27)15-22(19-11-10-16-6-2-3-8-18(16)14-19)21-13-12-17-7-4-5-9-20(17)23(21)29-25/h2-14,22,27H,15H2,1H3/t22-,25+/m0/s1. The van der Waals surface area contributed by atoms with E-state index in [4.69, 9.17) is 9.47 Å². The Morgan fingerprint density at radius 3 is 2.45 bits per heavy atom. The van der Waals surface area contributed by atoms with Gasteiger partial charge >= 0.3 is 11.8 Å². The van der Waals surface area contributed by atoms with Gasteiger partial charge in [-0.1, -0.05) is 78.9 Å². The van der Waals surface area contributed by atoms with Crippen LogP contribution in [0.5, 0.6) is 5.75 Å². The van der Waals surface area contributed by atoms with Crippen LogP contribution < -0.4 is 4.74 Å². The van der Waals surface area contributed by atoms with Crippen LogP contribution in [0, 0.1) is 0 Å². The number of hydrogen-bond donors (Lipinski definition) is 1. The Morgan fingerprint density at radius 1 is 0.966 bits per heavy atom. The van der Waals surface area contributed by atoms with Crippen LogP contribution in [0.3, 0.4) is 0 Å². The van der Waals surface area contributed by atoms with Gasteiger partial charge in [0.1, 0.15) is 5.75 Å².